The number of carbonyl (C=O) groups is 1. The minimum Gasteiger partial charge on any atom is -0.465 e. The Morgan fingerprint density at radius 1 is 1.04 bits per heavy atom. The lowest BCUT2D eigenvalue weighted by Gasteiger charge is -2.21. The van der Waals surface area contributed by atoms with Gasteiger partial charge in [0.1, 0.15) is 0 Å². The van der Waals surface area contributed by atoms with Crippen molar-refractivity contribution in [1.29, 1.82) is 0 Å². The van der Waals surface area contributed by atoms with Crippen molar-refractivity contribution in [2.24, 2.45) is 0 Å². The Kier molecular flexibility index (Phi) is 4.65. The van der Waals surface area contributed by atoms with Crippen LogP contribution in [0.1, 0.15) is 36.3 Å². The molecular weight excluding hydrogens is 350 g/mol. The Hall–Kier alpha value is -3.47. The van der Waals surface area contributed by atoms with Gasteiger partial charge in [0.15, 0.2) is 0 Å². The molecule has 4 rings (SSSR count). The molecule has 0 saturated heterocycles. The van der Waals surface area contributed by atoms with Crippen LogP contribution in [-0.4, -0.2) is 23.0 Å². The molecule has 1 N–H and O–H groups in total. The molecule has 0 fully saturated rings. The summed E-state index contributed by atoms with van der Waals surface area (Å²) in [5.41, 5.74) is 6.81. The second kappa shape index (κ2) is 7.27. The van der Waals surface area contributed by atoms with E-state index in [1.54, 1.807) is 12.4 Å². The van der Waals surface area contributed by atoms with Crippen LogP contribution in [0.5, 0.6) is 0 Å². The van der Waals surface area contributed by atoms with Crippen LogP contribution >= 0.6 is 0 Å². The first-order chi connectivity index (χ1) is 13.6. The largest absolute Gasteiger partial charge is 0.465 e. The fraction of sp³-hybridized carbons (Fsp3) is 0.174. The lowest BCUT2D eigenvalue weighted by molar-refractivity contribution is 0.0601. The van der Waals surface area contributed by atoms with E-state index in [4.69, 9.17) is 4.74 Å². The lowest BCUT2D eigenvalue weighted by Crippen LogP contribution is -2.17. The summed E-state index contributed by atoms with van der Waals surface area (Å²) in [6.07, 6.45) is 6.32. The number of para-hydroxylation sites is 1. The first kappa shape index (κ1) is 17.9. The van der Waals surface area contributed by atoms with Gasteiger partial charge in [-0.2, -0.15) is 0 Å². The number of hydrogen-bond acceptors (Lipinski definition) is 5. The highest BCUT2D eigenvalue weighted by Gasteiger charge is 2.24. The van der Waals surface area contributed by atoms with Gasteiger partial charge in [-0.05, 0) is 44.0 Å². The monoisotopic (exact) mass is 371 g/mol. The number of allylic oxidation sites excluding steroid dienone is 4. The normalized spacial score (nSPS) is 13.9. The number of rotatable bonds is 3. The molecule has 3 aromatic rings. The number of nitrogens with one attached hydrogen (secondary N) is 1. The maximum Gasteiger partial charge on any atom is 0.340 e. The van der Waals surface area contributed by atoms with E-state index >= 15 is 0 Å². The molecule has 0 amide bonds. The van der Waals surface area contributed by atoms with Gasteiger partial charge in [-0.15, -0.1) is 0 Å². The summed E-state index contributed by atoms with van der Waals surface area (Å²) in [4.78, 5) is 21.8. The molecule has 1 aliphatic heterocycles. The van der Waals surface area contributed by atoms with Gasteiger partial charge in [-0.3, -0.25) is 9.97 Å². The molecule has 0 saturated carbocycles. The first-order valence-electron chi connectivity index (χ1n) is 9.15. The number of benzene rings is 1. The van der Waals surface area contributed by atoms with E-state index in [0.29, 0.717) is 17.7 Å². The van der Waals surface area contributed by atoms with Crippen molar-refractivity contribution in [3.05, 3.63) is 77.5 Å². The minimum atomic E-state index is -0.398. The van der Waals surface area contributed by atoms with Gasteiger partial charge in [0.05, 0.1) is 23.9 Å². The lowest BCUT2D eigenvalue weighted by atomic mass is 9.91. The Morgan fingerprint density at radius 2 is 1.79 bits per heavy atom. The molecule has 0 unspecified atom stereocenters. The number of fused-ring (bicyclic) bond motifs is 1. The van der Waals surface area contributed by atoms with Gasteiger partial charge >= 0.3 is 5.97 Å². The third kappa shape index (κ3) is 3.05. The molecular formula is C23H21N3O2. The Labute approximate surface area is 163 Å². The van der Waals surface area contributed by atoms with E-state index in [0.717, 1.165) is 39.0 Å². The van der Waals surface area contributed by atoms with Crippen molar-refractivity contribution in [2.45, 2.75) is 20.3 Å². The molecule has 140 valence electrons. The fourth-order valence-corrected chi connectivity index (χ4v) is 3.66. The molecule has 0 atom stereocenters. The van der Waals surface area contributed by atoms with Gasteiger partial charge in [0, 0.05) is 40.3 Å². The number of dihydropyridines is 1. The zero-order valence-electron chi connectivity index (χ0n) is 16.1. The predicted molar refractivity (Wildman–Crippen MR) is 110 cm³/mol. The second-order valence-electron chi connectivity index (χ2n) is 6.77. The number of methoxy groups -OCH3 is 1. The maximum atomic E-state index is 12.8. The summed E-state index contributed by atoms with van der Waals surface area (Å²) in [5, 5.41) is 4.32. The van der Waals surface area contributed by atoms with Crippen LogP contribution in [-0.2, 0) is 4.74 Å². The molecule has 1 aromatic carbocycles. The van der Waals surface area contributed by atoms with Gasteiger partial charge in [-0.1, -0.05) is 24.3 Å². The Balaban J connectivity index is 1.99. The van der Waals surface area contributed by atoms with Crippen molar-refractivity contribution in [3.8, 4) is 11.1 Å². The summed E-state index contributed by atoms with van der Waals surface area (Å²) >= 11 is 0. The van der Waals surface area contributed by atoms with Crippen molar-refractivity contribution in [1.82, 2.24) is 15.3 Å². The summed E-state index contributed by atoms with van der Waals surface area (Å²) in [6, 6.07) is 11.7. The van der Waals surface area contributed by atoms with Crippen molar-refractivity contribution in [2.75, 3.05) is 7.11 Å². The van der Waals surface area contributed by atoms with Crippen LogP contribution in [0.25, 0.3) is 27.6 Å². The second-order valence-corrected chi connectivity index (χ2v) is 6.77. The molecule has 0 radical (unpaired) electrons. The van der Waals surface area contributed by atoms with E-state index in [1.165, 1.54) is 7.11 Å². The van der Waals surface area contributed by atoms with Crippen LogP contribution < -0.4 is 5.32 Å². The van der Waals surface area contributed by atoms with Crippen molar-refractivity contribution < 1.29 is 9.53 Å². The molecule has 2 aromatic heterocycles. The SMILES string of the molecule is COC(=O)c1c(-c2ccnc3ccccc23)ccnc1C1=C(C)NC(C)=CC1. The molecule has 1 aliphatic rings. The molecule has 3 heterocycles. The number of pyridine rings is 2. The molecule has 5 nitrogen and oxygen atoms in total. The average Bonchev–Trinajstić information content (AvgIpc) is 2.72. The molecule has 5 heteroatoms. The maximum absolute atomic E-state index is 12.8. The zero-order valence-corrected chi connectivity index (χ0v) is 16.1. The van der Waals surface area contributed by atoms with Crippen LogP contribution in [0.2, 0.25) is 0 Å². The van der Waals surface area contributed by atoms with Gasteiger partial charge < -0.3 is 10.1 Å². The highest BCUT2D eigenvalue weighted by molar-refractivity contribution is 6.06. The van der Waals surface area contributed by atoms with Gasteiger partial charge in [-0.25, -0.2) is 4.79 Å². The van der Waals surface area contributed by atoms with Crippen LogP contribution in [0.15, 0.2) is 66.3 Å². The zero-order chi connectivity index (χ0) is 19.7. The highest BCUT2D eigenvalue weighted by Crippen LogP contribution is 2.35. The molecule has 0 spiro atoms. The predicted octanol–water partition coefficient (Wildman–Crippen LogP) is 4.71. The third-order valence-corrected chi connectivity index (χ3v) is 5.02. The van der Waals surface area contributed by atoms with Gasteiger partial charge in [0.2, 0.25) is 0 Å². The number of carbonyl (C=O) groups excluding carboxylic acids is 1. The topological polar surface area (TPSA) is 64.1 Å². The first-order valence-corrected chi connectivity index (χ1v) is 9.15. The Morgan fingerprint density at radius 3 is 2.57 bits per heavy atom. The van der Waals surface area contributed by atoms with Crippen LogP contribution in [0.4, 0.5) is 0 Å². The minimum absolute atomic E-state index is 0.398. The number of ether oxygens (including phenoxy) is 1. The summed E-state index contributed by atoms with van der Waals surface area (Å²) in [6.45, 7) is 4.03. The fourth-order valence-electron chi connectivity index (χ4n) is 3.66. The number of esters is 1. The van der Waals surface area contributed by atoms with E-state index in [-0.39, 0.29) is 0 Å². The van der Waals surface area contributed by atoms with E-state index in [1.807, 2.05) is 50.2 Å². The number of nitrogens with zero attached hydrogens (tertiary/aromatic N) is 2. The van der Waals surface area contributed by atoms with E-state index in [9.17, 15) is 4.79 Å². The summed E-state index contributed by atoms with van der Waals surface area (Å²) in [7, 11) is 1.40. The molecule has 0 bridgehead atoms. The van der Waals surface area contributed by atoms with Crippen molar-refractivity contribution in [3.63, 3.8) is 0 Å². The third-order valence-electron chi connectivity index (χ3n) is 5.02. The quantitative estimate of drug-likeness (QED) is 0.676. The number of hydrogen-bond donors (Lipinski definition) is 1. The highest BCUT2D eigenvalue weighted by atomic mass is 16.5. The summed E-state index contributed by atoms with van der Waals surface area (Å²) < 4.78 is 5.15. The smallest absolute Gasteiger partial charge is 0.340 e. The number of aromatic nitrogens is 2. The summed E-state index contributed by atoms with van der Waals surface area (Å²) in [5.74, 6) is -0.398. The Bertz CT molecular complexity index is 1140. The molecule has 0 aliphatic carbocycles. The molecule has 28 heavy (non-hydrogen) atoms. The standard InChI is InChI=1S/C23H21N3O2/c1-14-8-9-16(15(2)26-14)22-21(23(27)28-3)19(11-13-25-22)17-10-12-24-20-7-5-4-6-18(17)20/h4-8,10-13,26H,9H2,1-3H3. The van der Waals surface area contributed by atoms with Gasteiger partial charge in [0.25, 0.3) is 0 Å². The van der Waals surface area contributed by atoms with E-state index in [2.05, 4.69) is 21.4 Å². The van der Waals surface area contributed by atoms with Crippen molar-refractivity contribution >= 4 is 22.4 Å². The van der Waals surface area contributed by atoms with Crippen LogP contribution in [0, 0.1) is 0 Å². The van der Waals surface area contributed by atoms with Crippen LogP contribution in [0.3, 0.4) is 0 Å². The average molecular weight is 371 g/mol. The van der Waals surface area contributed by atoms with E-state index < -0.39 is 5.97 Å².